The SMILES string of the molecule is COC(=O)[C@H]1CC[C@@H]2Cc3ccccc3CC[C@@H]2C1(C)C. The van der Waals surface area contributed by atoms with Crippen LogP contribution in [0.3, 0.4) is 0 Å². The van der Waals surface area contributed by atoms with Crippen molar-refractivity contribution in [3.63, 3.8) is 0 Å². The van der Waals surface area contributed by atoms with Crippen molar-refractivity contribution in [3.8, 4) is 0 Å². The summed E-state index contributed by atoms with van der Waals surface area (Å²) in [5.41, 5.74) is 3.08. The highest BCUT2D eigenvalue weighted by Crippen LogP contribution is 2.52. The van der Waals surface area contributed by atoms with E-state index in [0.29, 0.717) is 11.8 Å². The van der Waals surface area contributed by atoms with Gasteiger partial charge >= 0.3 is 5.97 Å². The van der Waals surface area contributed by atoms with E-state index >= 15 is 0 Å². The Hall–Kier alpha value is -1.31. The molecule has 0 heterocycles. The minimum atomic E-state index is -0.0137. The number of hydrogen-bond acceptors (Lipinski definition) is 2. The number of hydrogen-bond donors (Lipinski definition) is 0. The third kappa shape index (κ3) is 2.49. The molecule has 0 radical (unpaired) electrons. The molecule has 2 nitrogen and oxygen atoms in total. The second-order valence-electron chi connectivity index (χ2n) is 7.35. The van der Waals surface area contributed by atoms with Crippen molar-refractivity contribution in [3.05, 3.63) is 35.4 Å². The van der Waals surface area contributed by atoms with Crippen LogP contribution in [0.25, 0.3) is 0 Å². The van der Waals surface area contributed by atoms with Crippen molar-refractivity contribution in [1.82, 2.24) is 0 Å². The summed E-state index contributed by atoms with van der Waals surface area (Å²) in [4.78, 5) is 12.1. The molecule has 0 spiro atoms. The molecule has 2 aliphatic carbocycles. The Labute approximate surface area is 127 Å². The van der Waals surface area contributed by atoms with E-state index in [9.17, 15) is 4.79 Å². The van der Waals surface area contributed by atoms with Crippen molar-refractivity contribution in [1.29, 1.82) is 0 Å². The maximum Gasteiger partial charge on any atom is 0.309 e. The lowest BCUT2D eigenvalue weighted by Crippen LogP contribution is -2.45. The highest BCUT2D eigenvalue weighted by Gasteiger charge is 2.48. The number of rotatable bonds is 1. The summed E-state index contributed by atoms with van der Waals surface area (Å²) in [7, 11) is 1.52. The molecule has 114 valence electrons. The summed E-state index contributed by atoms with van der Waals surface area (Å²) < 4.78 is 5.06. The largest absolute Gasteiger partial charge is 0.469 e. The monoisotopic (exact) mass is 286 g/mol. The van der Waals surface area contributed by atoms with Crippen LogP contribution < -0.4 is 0 Å². The van der Waals surface area contributed by atoms with E-state index in [4.69, 9.17) is 4.74 Å². The van der Waals surface area contributed by atoms with E-state index in [1.807, 2.05) is 0 Å². The van der Waals surface area contributed by atoms with Crippen molar-refractivity contribution in [2.75, 3.05) is 7.11 Å². The molecule has 0 unspecified atom stereocenters. The van der Waals surface area contributed by atoms with Gasteiger partial charge in [0, 0.05) is 0 Å². The summed E-state index contributed by atoms with van der Waals surface area (Å²) in [5, 5.41) is 0. The average Bonchev–Trinajstić information content (AvgIpc) is 2.66. The normalized spacial score (nSPS) is 30.7. The zero-order chi connectivity index (χ0) is 15.0. The Kier molecular flexibility index (Phi) is 3.81. The molecule has 1 saturated carbocycles. The van der Waals surface area contributed by atoms with Crippen molar-refractivity contribution in [2.45, 2.75) is 46.0 Å². The van der Waals surface area contributed by atoms with E-state index in [1.165, 1.54) is 31.1 Å². The molecule has 0 N–H and O–H groups in total. The Balaban J connectivity index is 1.88. The molecule has 2 heteroatoms. The van der Waals surface area contributed by atoms with Crippen LogP contribution in [0.2, 0.25) is 0 Å². The van der Waals surface area contributed by atoms with Crippen LogP contribution in [0.15, 0.2) is 24.3 Å². The number of carbonyl (C=O) groups is 1. The fourth-order valence-electron chi connectivity index (χ4n) is 4.83. The first-order chi connectivity index (χ1) is 10.0. The highest BCUT2D eigenvalue weighted by molar-refractivity contribution is 5.73. The zero-order valence-electron chi connectivity index (χ0n) is 13.4. The molecule has 1 aromatic carbocycles. The van der Waals surface area contributed by atoms with Gasteiger partial charge < -0.3 is 4.74 Å². The van der Waals surface area contributed by atoms with Gasteiger partial charge in [-0.05, 0) is 60.5 Å². The van der Waals surface area contributed by atoms with Crippen LogP contribution in [-0.2, 0) is 22.4 Å². The number of fused-ring (bicyclic) bond motifs is 2. The number of ether oxygens (including phenoxy) is 1. The molecular formula is C19H26O2. The van der Waals surface area contributed by atoms with Crippen LogP contribution >= 0.6 is 0 Å². The van der Waals surface area contributed by atoms with Crippen LogP contribution in [-0.4, -0.2) is 13.1 Å². The van der Waals surface area contributed by atoms with Crippen molar-refractivity contribution in [2.24, 2.45) is 23.2 Å². The highest BCUT2D eigenvalue weighted by atomic mass is 16.5. The van der Waals surface area contributed by atoms with Crippen LogP contribution in [0, 0.1) is 23.2 Å². The maximum absolute atomic E-state index is 12.1. The van der Waals surface area contributed by atoms with E-state index in [-0.39, 0.29) is 17.3 Å². The van der Waals surface area contributed by atoms with Gasteiger partial charge in [-0.25, -0.2) is 0 Å². The topological polar surface area (TPSA) is 26.3 Å². The molecule has 0 bridgehead atoms. The lowest BCUT2D eigenvalue weighted by molar-refractivity contribution is -0.155. The first kappa shape index (κ1) is 14.6. The number of aryl methyl sites for hydroxylation is 1. The minimum absolute atomic E-state index is 0.0137. The summed E-state index contributed by atoms with van der Waals surface area (Å²) in [6, 6.07) is 8.87. The van der Waals surface area contributed by atoms with Gasteiger partial charge in [0.25, 0.3) is 0 Å². The van der Waals surface area contributed by atoms with Crippen LogP contribution in [0.4, 0.5) is 0 Å². The lowest BCUT2D eigenvalue weighted by Gasteiger charge is -2.47. The summed E-state index contributed by atoms with van der Waals surface area (Å²) in [6.07, 6.45) is 5.65. The standard InChI is InChI=1S/C19H26O2/c1-19(2)16-10-8-13-6-4-5-7-14(13)12-15(16)9-11-17(19)18(20)21-3/h4-7,15-17H,8-12H2,1-3H3/t15-,16+,17-/m1/s1. The smallest absolute Gasteiger partial charge is 0.309 e. The van der Waals surface area contributed by atoms with Crippen molar-refractivity contribution >= 4 is 5.97 Å². The number of carbonyl (C=O) groups excluding carboxylic acids is 1. The van der Waals surface area contributed by atoms with Crippen molar-refractivity contribution < 1.29 is 9.53 Å². The van der Waals surface area contributed by atoms with E-state index < -0.39 is 0 Å². The average molecular weight is 286 g/mol. The van der Waals surface area contributed by atoms with Gasteiger partial charge in [-0.1, -0.05) is 38.1 Å². The number of methoxy groups -OCH3 is 1. The van der Waals surface area contributed by atoms with Gasteiger partial charge in [-0.2, -0.15) is 0 Å². The van der Waals surface area contributed by atoms with Crippen LogP contribution in [0.5, 0.6) is 0 Å². The quantitative estimate of drug-likeness (QED) is 0.729. The molecule has 0 saturated heterocycles. The second kappa shape index (κ2) is 5.47. The molecular weight excluding hydrogens is 260 g/mol. The van der Waals surface area contributed by atoms with Gasteiger partial charge in [0.1, 0.15) is 0 Å². The third-order valence-corrected chi connectivity index (χ3v) is 6.06. The fraction of sp³-hybridized carbons (Fsp3) is 0.632. The number of benzene rings is 1. The molecule has 0 aliphatic heterocycles. The molecule has 0 amide bonds. The molecule has 1 aromatic rings. The molecule has 1 fully saturated rings. The van der Waals surface area contributed by atoms with Gasteiger partial charge in [0.05, 0.1) is 13.0 Å². The second-order valence-corrected chi connectivity index (χ2v) is 7.35. The van der Waals surface area contributed by atoms with Gasteiger partial charge in [-0.3, -0.25) is 4.79 Å². The summed E-state index contributed by atoms with van der Waals surface area (Å²) >= 11 is 0. The maximum atomic E-state index is 12.1. The Morgan fingerprint density at radius 2 is 1.86 bits per heavy atom. The van der Waals surface area contributed by atoms with Gasteiger partial charge in [0.2, 0.25) is 0 Å². The predicted molar refractivity (Wildman–Crippen MR) is 84.0 cm³/mol. The number of esters is 1. The molecule has 0 aromatic heterocycles. The Bertz CT molecular complexity index is 532. The van der Waals surface area contributed by atoms with Crippen LogP contribution in [0.1, 0.15) is 44.2 Å². The van der Waals surface area contributed by atoms with E-state index in [0.717, 1.165) is 19.3 Å². The summed E-state index contributed by atoms with van der Waals surface area (Å²) in [6.45, 7) is 4.56. The predicted octanol–water partition coefficient (Wildman–Crippen LogP) is 4.02. The van der Waals surface area contributed by atoms with Gasteiger partial charge in [-0.15, -0.1) is 0 Å². The third-order valence-electron chi connectivity index (χ3n) is 6.06. The first-order valence-corrected chi connectivity index (χ1v) is 8.18. The molecule has 3 atom stereocenters. The first-order valence-electron chi connectivity index (χ1n) is 8.18. The van der Waals surface area contributed by atoms with E-state index in [1.54, 1.807) is 0 Å². The minimum Gasteiger partial charge on any atom is -0.469 e. The fourth-order valence-corrected chi connectivity index (χ4v) is 4.83. The summed E-state index contributed by atoms with van der Waals surface area (Å²) in [5.74, 6) is 1.37. The molecule has 21 heavy (non-hydrogen) atoms. The molecule has 2 aliphatic rings. The van der Waals surface area contributed by atoms with Gasteiger partial charge in [0.15, 0.2) is 0 Å². The molecule has 3 rings (SSSR count). The lowest BCUT2D eigenvalue weighted by atomic mass is 9.56. The van der Waals surface area contributed by atoms with E-state index in [2.05, 4.69) is 38.1 Å². The Morgan fingerprint density at radius 1 is 1.14 bits per heavy atom. The Morgan fingerprint density at radius 3 is 2.57 bits per heavy atom. The zero-order valence-corrected chi connectivity index (χ0v) is 13.4.